The largest absolute Gasteiger partial charge is 0.379 e. The van der Waals surface area contributed by atoms with Crippen molar-refractivity contribution in [1.82, 2.24) is 15.1 Å². The monoisotopic (exact) mass is 280 g/mol. The minimum absolute atomic E-state index is 0.327. The van der Waals surface area contributed by atoms with E-state index in [0.717, 1.165) is 51.9 Å². The molecule has 5 heteroatoms. The summed E-state index contributed by atoms with van der Waals surface area (Å²) in [6.07, 6.45) is 6.75. The maximum Gasteiger partial charge on any atom is 0.193 e. The number of hydrogen-bond acceptors (Lipinski definition) is 5. The highest BCUT2D eigenvalue weighted by Gasteiger charge is 2.38. The molecule has 114 valence electrons. The third-order valence-electron chi connectivity index (χ3n) is 5.10. The topological polar surface area (TPSA) is 40.1 Å². The average molecular weight is 280 g/mol. The van der Waals surface area contributed by atoms with Crippen molar-refractivity contribution < 1.29 is 4.74 Å². The lowest BCUT2D eigenvalue weighted by molar-refractivity contribution is -0.0353. The molecule has 20 heavy (non-hydrogen) atoms. The van der Waals surface area contributed by atoms with Crippen molar-refractivity contribution in [2.75, 3.05) is 53.0 Å². The first-order valence-electron chi connectivity index (χ1n) is 8.12. The quantitative estimate of drug-likeness (QED) is 0.834. The molecule has 0 bridgehead atoms. The first-order chi connectivity index (χ1) is 9.80. The highest BCUT2D eigenvalue weighted by molar-refractivity contribution is 5.81. The first-order valence-corrected chi connectivity index (χ1v) is 8.12. The summed E-state index contributed by atoms with van der Waals surface area (Å²) in [7, 11) is 2.13. The van der Waals surface area contributed by atoms with E-state index >= 15 is 0 Å². The Labute approximate surface area is 122 Å². The molecule has 0 amide bonds. The summed E-state index contributed by atoms with van der Waals surface area (Å²) >= 11 is 0. The van der Waals surface area contributed by atoms with Crippen LogP contribution in [0.15, 0.2) is 4.99 Å². The second-order valence-corrected chi connectivity index (χ2v) is 6.36. The van der Waals surface area contributed by atoms with E-state index in [1.165, 1.54) is 32.1 Å². The highest BCUT2D eigenvalue weighted by atomic mass is 16.5. The molecule has 0 aromatic carbocycles. The number of guanidine groups is 1. The fourth-order valence-electron chi connectivity index (χ4n) is 3.82. The summed E-state index contributed by atoms with van der Waals surface area (Å²) in [6, 6.07) is 0. The van der Waals surface area contributed by atoms with Crippen molar-refractivity contribution in [3.63, 3.8) is 0 Å². The molecule has 0 aromatic rings. The molecule has 0 unspecified atom stereocenters. The van der Waals surface area contributed by atoms with Crippen molar-refractivity contribution in [3.05, 3.63) is 0 Å². The Morgan fingerprint density at radius 2 is 1.90 bits per heavy atom. The van der Waals surface area contributed by atoms with Gasteiger partial charge in [0.05, 0.1) is 19.8 Å². The lowest BCUT2D eigenvalue weighted by Crippen LogP contribution is -2.60. The maximum absolute atomic E-state index is 5.54. The number of rotatable bonds is 3. The van der Waals surface area contributed by atoms with Gasteiger partial charge in [-0.3, -0.25) is 9.89 Å². The van der Waals surface area contributed by atoms with Gasteiger partial charge in [0.1, 0.15) is 0 Å². The molecule has 2 aliphatic heterocycles. The minimum atomic E-state index is 0.327. The molecule has 1 saturated heterocycles. The fraction of sp³-hybridized carbons (Fsp3) is 0.933. The van der Waals surface area contributed by atoms with Crippen molar-refractivity contribution in [3.8, 4) is 0 Å². The van der Waals surface area contributed by atoms with Gasteiger partial charge in [0.25, 0.3) is 0 Å². The Morgan fingerprint density at radius 3 is 2.55 bits per heavy atom. The van der Waals surface area contributed by atoms with E-state index in [-0.39, 0.29) is 0 Å². The van der Waals surface area contributed by atoms with Crippen LogP contribution in [-0.2, 0) is 4.74 Å². The zero-order valence-corrected chi connectivity index (χ0v) is 12.7. The van der Waals surface area contributed by atoms with E-state index in [1.54, 1.807) is 0 Å². The lowest BCUT2D eigenvalue weighted by Gasteiger charge is -2.48. The molecule has 5 nitrogen and oxygen atoms in total. The van der Waals surface area contributed by atoms with Gasteiger partial charge in [0.15, 0.2) is 5.96 Å². The van der Waals surface area contributed by atoms with Gasteiger partial charge < -0.3 is 15.0 Å². The molecule has 3 aliphatic rings. The molecule has 2 heterocycles. The highest BCUT2D eigenvalue weighted by Crippen LogP contribution is 2.33. The van der Waals surface area contributed by atoms with Gasteiger partial charge in [-0.15, -0.1) is 0 Å². The average Bonchev–Trinajstić information content (AvgIpc) is 2.92. The summed E-state index contributed by atoms with van der Waals surface area (Å²) in [5.41, 5.74) is 0.327. The van der Waals surface area contributed by atoms with Gasteiger partial charge in [-0.2, -0.15) is 0 Å². The molecule has 0 atom stereocenters. The number of likely N-dealkylation sites (N-methyl/N-ethyl adjacent to an activating group) is 1. The lowest BCUT2D eigenvalue weighted by atomic mass is 9.80. The van der Waals surface area contributed by atoms with E-state index in [9.17, 15) is 0 Å². The van der Waals surface area contributed by atoms with Crippen LogP contribution in [0, 0.1) is 0 Å². The van der Waals surface area contributed by atoms with Gasteiger partial charge in [0.2, 0.25) is 0 Å². The molecule has 0 spiro atoms. The van der Waals surface area contributed by atoms with E-state index in [1.807, 2.05) is 0 Å². The predicted octanol–water partition coefficient (Wildman–Crippen LogP) is 0.913. The number of morpholine rings is 1. The number of ether oxygens (including phenoxy) is 1. The van der Waals surface area contributed by atoms with Crippen LogP contribution >= 0.6 is 0 Å². The Kier molecular flexibility index (Phi) is 4.46. The van der Waals surface area contributed by atoms with Crippen LogP contribution in [0.1, 0.15) is 32.1 Å². The SMILES string of the molecule is CN1CCN=C1NCC1(N2CCOCC2)CCCCC1. The van der Waals surface area contributed by atoms with Crippen molar-refractivity contribution in [2.45, 2.75) is 37.6 Å². The molecule has 2 fully saturated rings. The second-order valence-electron chi connectivity index (χ2n) is 6.36. The van der Waals surface area contributed by atoms with Crippen molar-refractivity contribution in [1.29, 1.82) is 0 Å². The van der Waals surface area contributed by atoms with Gasteiger partial charge in [0, 0.05) is 38.8 Å². The summed E-state index contributed by atoms with van der Waals surface area (Å²) in [5.74, 6) is 1.09. The molecule has 1 saturated carbocycles. The van der Waals surface area contributed by atoms with Gasteiger partial charge in [-0.05, 0) is 12.8 Å². The molecule has 1 N–H and O–H groups in total. The number of hydrogen-bond donors (Lipinski definition) is 1. The maximum atomic E-state index is 5.54. The van der Waals surface area contributed by atoms with Crippen LogP contribution in [0.25, 0.3) is 0 Å². The molecule has 0 aromatic heterocycles. The van der Waals surface area contributed by atoms with Crippen LogP contribution in [0.5, 0.6) is 0 Å². The summed E-state index contributed by atoms with van der Waals surface area (Å²) < 4.78 is 5.54. The van der Waals surface area contributed by atoms with Gasteiger partial charge in [-0.25, -0.2) is 0 Å². The first kappa shape index (κ1) is 14.1. The Bertz CT molecular complexity index is 346. The van der Waals surface area contributed by atoms with Crippen LogP contribution in [0.2, 0.25) is 0 Å². The minimum Gasteiger partial charge on any atom is -0.379 e. The molecule has 0 radical (unpaired) electrons. The van der Waals surface area contributed by atoms with E-state index < -0.39 is 0 Å². The zero-order chi connectivity index (χ0) is 13.8. The standard InChI is InChI=1S/C15H28N4O/c1-18-8-7-16-14(18)17-13-15(5-3-2-4-6-15)19-9-11-20-12-10-19/h2-13H2,1H3,(H,16,17). The third kappa shape index (κ3) is 2.93. The van der Waals surface area contributed by atoms with Gasteiger partial charge in [-0.1, -0.05) is 19.3 Å². The number of nitrogens with one attached hydrogen (secondary N) is 1. The third-order valence-corrected chi connectivity index (χ3v) is 5.10. The second kappa shape index (κ2) is 6.31. The van der Waals surface area contributed by atoms with Crippen molar-refractivity contribution in [2.24, 2.45) is 4.99 Å². The van der Waals surface area contributed by atoms with Crippen LogP contribution in [0.4, 0.5) is 0 Å². The van der Waals surface area contributed by atoms with Crippen LogP contribution < -0.4 is 5.32 Å². The van der Waals surface area contributed by atoms with Crippen molar-refractivity contribution >= 4 is 5.96 Å². The Balaban J connectivity index is 1.65. The van der Waals surface area contributed by atoms with Crippen LogP contribution in [-0.4, -0.2) is 74.3 Å². The van der Waals surface area contributed by atoms with E-state index in [4.69, 9.17) is 4.74 Å². The smallest absolute Gasteiger partial charge is 0.193 e. The van der Waals surface area contributed by atoms with Gasteiger partial charge >= 0.3 is 0 Å². The molecular formula is C15H28N4O. The Morgan fingerprint density at radius 1 is 1.15 bits per heavy atom. The number of aliphatic imine (C=N–C) groups is 1. The molecule has 1 aliphatic carbocycles. The van der Waals surface area contributed by atoms with Crippen LogP contribution in [0.3, 0.4) is 0 Å². The zero-order valence-electron chi connectivity index (χ0n) is 12.7. The Hall–Kier alpha value is -0.810. The van der Waals surface area contributed by atoms with E-state index in [2.05, 4.69) is 27.2 Å². The fourth-order valence-corrected chi connectivity index (χ4v) is 3.82. The molecular weight excluding hydrogens is 252 g/mol. The number of nitrogens with zero attached hydrogens (tertiary/aromatic N) is 3. The normalized spacial score (nSPS) is 27.4. The summed E-state index contributed by atoms with van der Waals surface area (Å²) in [4.78, 5) is 9.48. The summed E-state index contributed by atoms with van der Waals surface area (Å²) in [5, 5.41) is 3.63. The van der Waals surface area contributed by atoms with E-state index in [0.29, 0.717) is 5.54 Å². The predicted molar refractivity (Wildman–Crippen MR) is 81.1 cm³/mol. The summed E-state index contributed by atoms with van der Waals surface area (Å²) in [6.45, 7) is 6.98. The molecule has 3 rings (SSSR count).